The molecule has 1 heterocycles. The Morgan fingerprint density at radius 3 is 1.59 bits per heavy atom. The van der Waals surface area contributed by atoms with Gasteiger partial charge >= 0.3 is 16.5 Å². The van der Waals surface area contributed by atoms with Gasteiger partial charge in [-0.3, -0.25) is 0 Å². The van der Waals surface area contributed by atoms with Gasteiger partial charge in [-0.1, -0.05) is 116 Å². The summed E-state index contributed by atoms with van der Waals surface area (Å²) < 4.78 is 1.53. The molecule has 0 aliphatic carbocycles. The molecule has 3 rings (SSSR count). The van der Waals surface area contributed by atoms with Crippen LogP contribution in [0.15, 0.2) is 59.7 Å². The Labute approximate surface area is 283 Å². The maximum atomic E-state index is 11.8. The summed E-state index contributed by atoms with van der Waals surface area (Å²) in [5, 5.41) is 0. The smallest absolute Gasteiger partial charge is 0.493 e. The largest absolute Gasteiger partial charge is 2.00 e. The molecule has 0 saturated carbocycles. The number of hydrogen-bond donors (Lipinski definition) is 0. The number of hydrogen-bond acceptors (Lipinski definition) is 0. The van der Waals surface area contributed by atoms with Crippen LogP contribution in [0.1, 0.15) is 160 Å². The van der Waals surface area contributed by atoms with Gasteiger partial charge in [-0.2, -0.15) is 13.8 Å². The number of unbranched alkanes of at least 4 members (excludes halogenated alkanes) is 10. The van der Waals surface area contributed by atoms with E-state index in [1.165, 1.54) is 104 Å². The summed E-state index contributed by atoms with van der Waals surface area (Å²) in [6, 6.07) is 18.0. The molecule has 0 amide bonds. The zero-order valence-electron chi connectivity index (χ0n) is 29.3. The maximum absolute atomic E-state index is 11.8. The monoisotopic (exact) mass is 642 g/mol. The van der Waals surface area contributed by atoms with Crippen molar-refractivity contribution in [1.29, 1.82) is 0 Å². The Kier molecular flexibility index (Phi) is 25.1. The van der Waals surface area contributed by atoms with E-state index < -0.39 is 0 Å². The van der Waals surface area contributed by atoms with Crippen molar-refractivity contribution >= 4 is 11.4 Å². The first-order valence-electron chi connectivity index (χ1n) is 17.7. The van der Waals surface area contributed by atoms with Gasteiger partial charge in [0.25, 0.3) is 0 Å². The first-order valence-corrected chi connectivity index (χ1v) is 17.7. The Morgan fingerprint density at radius 2 is 1.00 bits per heavy atom. The normalized spacial score (nSPS) is 12.4. The van der Waals surface area contributed by atoms with Gasteiger partial charge in [0, 0.05) is 22.3 Å². The standard InChI is InChI=1S/C37H54N2.2C2H5.Ni/c1-5-9-12-14-15-18-20-30-25-27-32(28-26-30)36-34(8-4)35(24-16-11-7-3)37(39(36)38)33-23-19-22-31(29-33)21-17-13-10-6-2;2*1-2;/h19,22-23,25-29H,5-18,20-21,24H2,1-4H3;2*1H2,2H3;/q;2*-1;+2. The van der Waals surface area contributed by atoms with E-state index in [-0.39, 0.29) is 16.5 Å². The number of aryl methyl sites for hydroxylation is 2. The fraction of sp³-hybridized carbons (Fsp3) is 0.561. The van der Waals surface area contributed by atoms with Crippen LogP contribution in [0.25, 0.3) is 16.9 Å². The first kappa shape index (κ1) is 42.0. The number of rotatable bonds is 19. The fourth-order valence-corrected chi connectivity index (χ4v) is 6.02. The van der Waals surface area contributed by atoms with Gasteiger partial charge < -0.3 is 19.4 Å². The van der Waals surface area contributed by atoms with Gasteiger partial charge in [0.1, 0.15) is 0 Å². The minimum Gasteiger partial charge on any atom is -0.493 e. The van der Waals surface area contributed by atoms with E-state index in [9.17, 15) is 5.53 Å². The summed E-state index contributed by atoms with van der Waals surface area (Å²) in [7, 11) is 0. The van der Waals surface area contributed by atoms with Gasteiger partial charge in [0.15, 0.2) is 0 Å². The van der Waals surface area contributed by atoms with E-state index in [2.05, 4.69) is 90.1 Å². The van der Waals surface area contributed by atoms with Crippen LogP contribution >= 0.6 is 0 Å². The zero-order chi connectivity index (χ0) is 31.9. The molecule has 0 N–H and O–H groups in total. The van der Waals surface area contributed by atoms with E-state index in [1.54, 1.807) is 13.8 Å². The molecule has 0 unspecified atom stereocenters. The third-order valence-electron chi connectivity index (χ3n) is 8.31. The van der Waals surface area contributed by atoms with E-state index in [0.29, 0.717) is 0 Å². The quantitative estimate of drug-likeness (QED) is 0.0630. The van der Waals surface area contributed by atoms with Crippen molar-refractivity contribution in [2.45, 2.75) is 151 Å². The molecule has 0 saturated heterocycles. The summed E-state index contributed by atoms with van der Waals surface area (Å²) in [6.07, 6.45) is 20.9. The average molecular weight is 644 g/mol. The number of nitrogens with zero attached hydrogens (tertiary/aromatic N) is 2. The molecule has 248 valence electrons. The number of allylic oxidation sites excluding steroid dienone is 2. The maximum Gasteiger partial charge on any atom is 2.00 e. The van der Waals surface area contributed by atoms with Gasteiger partial charge in [0.2, 0.25) is 11.4 Å². The molecule has 0 fully saturated rings. The van der Waals surface area contributed by atoms with Gasteiger partial charge in [-0.05, 0) is 80.3 Å². The van der Waals surface area contributed by atoms with E-state index in [4.69, 9.17) is 0 Å². The number of benzene rings is 2. The van der Waals surface area contributed by atoms with Crippen LogP contribution in [0, 0.1) is 13.8 Å². The van der Waals surface area contributed by atoms with Crippen LogP contribution in [0.4, 0.5) is 0 Å². The molecule has 2 nitrogen and oxygen atoms in total. The fourth-order valence-electron chi connectivity index (χ4n) is 6.02. The predicted molar refractivity (Wildman–Crippen MR) is 192 cm³/mol. The van der Waals surface area contributed by atoms with Crippen LogP contribution in [0.2, 0.25) is 0 Å². The molecule has 2 aromatic carbocycles. The van der Waals surface area contributed by atoms with Gasteiger partial charge in [-0.25, -0.2) is 4.70 Å². The first-order chi connectivity index (χ1) is 21.1. The van der Waals surface area contributed by atoms with Gasteiger partial charge in [0.05, 0.1) is 0 Å². The molecule has 1 aliphatic rings. The minimum atomic E-state index is 0. The second kappa shape index (κ2) is 26.3. The molecular formula is C41H64N2Ni. The Hall–Kier alpha value is -1.99. The molecule has 1 aliphatic heterocycles. The molecule has 0 aromatic heterocycles. The zero-order valence-corrected chi connectivity index (χ0v) is 30.3. The van der Waals surface area contributed by atoms with Crippen molar-refractivity contribution < 1.29 is 21.2 Å². The second-order valence-corrected chi connectivity index (χ2v) is 11.5. The minimum absolute atomic E-state index is 0. The molecular weight excluding hydrogens is 579 g/mol. The topological polar surface area (TPSA) is 25.3 Å². The van der Waals surface area contributed by atoms with Crippen molar-refractivity contribution in [2.24, 2.45) is 0 Å². The molecule has 3 heteroatoms. The molecule has 0 bridgehead atoms. The van der Waals surface area contributed by atoms with Crippen molar-refractivity contribution in [2.75, 3.05) is 0 Å². The van der Waals surface area contributed by atoms with E-state index >= 15 is 0 Å². The summed E-state index contributed by atoms with van der Waals surface area (Å²) in [5.74, 6) is 0. The van der Waals surface area contributed by atoms with E-state index in [0.717, 1.165) is 54.6 Å². The van der Waals surface area contributed by atoms with Crippen molar-refractivity contribution in [1.82, 2.24) is 0 Å². The summed E-state index contributed by atoms with van der Waals surface area (Å²) in [6.45, 7) is 19.0. The third-order valence-corrected chi connectivity index (χ3v) is 8.31. The van der Waals surface area contributed by atoms with Crippen molar-refractivity contribution in [3.05, 3.63) is 101 Å². The Balaban J connectivity index is 0.00000355. The van der Waals surface area contributed by atoms with Crippen molar-refractivity contribution in [3.63, 3.8) is 0 Å². The third kappa shape index (κ3) is 13.6. The van der Waals surface area contributed by atoms with Crippen LogP contribution in [-0.2, 0) is 29.3 Å². The van der Waals surface area contributed by atoms with Gasteiger partial charge in [-0.15, -0.1) is 0 Å². The van der Waals surface area contributed by atoms with Crippen LogP contribution in [-0.4, -0.2) is 4.70 Å². The SMILES string of the molecule is CCCCCCCCc1ccc(C2=C(CC)C(CCCCC)=C(c3cccc(CCCCCC)c3)[N+]2=[N-])cc1.[CH2-]C.[CH2-]C.[Ni+2]. The average Bonchev–Trinajstić information content (AvgIpc) is 3.34. The molecule has 2 aromatic rings. The predicted octanol–water partition coefficient (Wildman–Crippen LogP) is 13.6. The molecule has 0 atom stereocenters. The summed E-state index contributed by atoms with van der Waals surface area (Å²) in [4.78, 5) is 0. The van der Waals surface area contributed by atoms with Crippen molar-refractivity contribution in [3.8, 4) is 0 Å². The van der Waals surface area contributed by atoms with Crippen LogP contribution in [0.5, 0.6) is 0 Å². The molecule has 44 heavy (non-hydrogen) atoms. The molecule has 0 radical (unpaired) electrons. The van der Waals surface area contributed by atoms with Crippen LogP contribution in [0.3, 0.4) is 0 Å². The Bertz CT molecular complexity index is 1090. The molecule has 0 spiro atoms. The Morgan fingerprint density at radius 1 is 0.523 bits per heavy atom. The van der Waals surface area contributed by atoms with E-state index in [1.807, 2.05) is 0 Å². The second-order valence-electron chi connectivity index (χ2n) is 11.5. The summed E-state index contributed by atoms with van der Waals surface area (Å²) >= 11 is 0. The summed E-state index contributed by atoms with van der Waals surface area (Å²) in [5.41, 5.74) is 21.4. The van der Waals surface area contributed by atoms with Crippen LogP contribution < -0.4 is 0 Å².